The molecule has 0 saturated heterocycles. The van der Waals surface area contributed by atoms with E-state index >= 15 is 0 Å². The van der Waals surface area contributed by atoms with Crippen molar-refractivity contribution in [3.63, 3.8) is 0 Å². The first-order valence-electron chi connectivity index (χ1n) is 4.18. The van der Waals surface area contributed by atoms with Crippen LogP contribution in [0.2, 0.25) is 0 Å². The molecule has 12 heavy (non-hydrogen) atoms. The molecule has 0 aromatic heterocycles. The van der Waals surface area contributed by atoms with Crippen LogP contribution >= 0.6 is 0 Å². The third-order valence-electron chi connectivity index (χ3n) is 1.51. The van der Waals surface area contributed by atoms with Crippen LogP contribution in [0.1, 0.15) is 46.0 Å². The molecule has 0 rings (SSSR count). The normalized spacial score (nSPS) is 8.83. The summed E-state index contributed by atoms with van der Waals surface area (Å²) in [5, 5.41) is 0. The average molecular weight is 220 g/mol. The van der Waals surface area contributed by atoms with Gasteiger partial charge >= 0.3 is 17.1 Å². The Balaban J connectivity index is 0. The molecule has 0 aliphatic rings. The standard InChI is InChI=1S/C9H16O2.Cu/c1-3-4-5-6-9(11)7-8(2)10;/h3-7H2,1-2H3;/q;+2. The van der Waals surface area contributed by atoms with Gasteiger partial charge in [0.05, 0.1) is 6.42 Å². The van der Waals surface area contributed by atoms with Gasteiger partial charge in [-0.25, -0.2) is 0 Å². The second-order valence-corrected chi connectivity index (χ2v) is 2.87. The van der Waals surface area contributed by atoms with Crippen LogP contribution in [0.25, 0.3) is 0 Å². The van der Waals surface area contributed by atoms with Gasteiger partial charge in [0, 0.05) is 6.42 Å². The first-order valence-corrected chi connectivity index (χ1v) is 4.18. The molecule has 0 unspecified atom stereocenters. The van der Waals surface area contributed by atoms with Crippen LogP contribution in [0.3, 0.4) is 0 Å². The number of rotatable bonds is 6. The predicted octanol–water partition coefficient (Wildman–Crippen LogP) is 2.11. The largest absolute Gasteiger partial charge is 2.00 e. The minimum absolute atomic E-state index is 0. The molecule has 3 heteroatoms. The van der Waals surface area contributed by atoms with Crippen molar-refractivity contribution in [3.8, 4) is 0 Å². The minimum Gasteiger partial charge on any atom is -0.300 e. The Hall–Kier alpha value is -0.141. The van der Waals surface area contributed by atoms with E-state index in [1.54, 1.807) is 0 Å². The summed E-state index contributed by atoms with van der Waals surface area (Å²) in [7, 11) is 0. The van der Waals surface area contributed by atoms with Gasteiger partial charge in [0.2, 0.25) is 0 Å². The first kappa shape index (κ1) is 14.4. The molecule has 0 heterocycles. The van der Waals surface area contributed by atoms with Gasteiger partial charge in [-0.1, -0.05) is 19.8 Å². The molecule has 1 radical (unpaired) electrons. The third kappa shape index (κ3) is 9.86. The molecule has 0 fully saturated rings. The van der Waals surface area contributed by atoms with E-state index in [1.165, 1.54) is 6.92 Å². The fourth-order valence-electron chi connectivity index (χ4n) is 0.938. The molecule has 0 atom stereocenters. The molecule has 0 aliphatic carbocycles. The quantitative estimate of drug-likeness (QED) is 0.390. The third-order valence-corrected chi connectivity index (χ3v) is 1.51. The maximum Gasteiger partial charge on any atom is 2.00 e. The number of ketones is 2. The van der Waals surface area contributed by atoms with Gasteiger partial charge in [-0.2, -0.15) is 0 Å². The Labute approximate surface area is 84.6 Å². The SMILES string of the molecule is CCCCCC(=O)CC(C)=O.[Cu+2]. The number of Topliss-reactive ketones (excluding diaryl/α,β-unsaturated/α-hetero) is 2. The monoisotopic (exact) mass is 219 g/mol. The molecular weight excluding hydrogens is 204 g/mol. The molecule has 0 bridgehead atoms. The molecule has 73 valence electrons. The number of unbranched alkanes of at least 4 members (excludes halogenated alkanes) is 2. The van der Waals surface area contributed by atoms with E-state index in [1.807, 2.05) is 0 Å². The van der Waals surface area contributed by atoms with Crippen molar-refractivity contribution in [1.29, 1.82) is 0 Å². The Bertz CT molecular complexity index is 143. The second kappa shape index (κ2) is 8.95. The van der Waals surface area contributed by atoms with Crippen LogP contribution in [-0.2, 0) is 26.7 Å². The molecule has 0 N–H and O–H groups in total. The van der Waals surface area contributed by atoms with Crippen molar-refractivity contribution in [2.45, 2.75) is 46.0 Å². The topological polar surface area (TPSA) is 34.1 Å². The van der Waals surface area contributed by atoms with E-state index in [4.69, 9.17) is 0 Å². The number of hydrogen-bond acceptors (Lipinski definition) is 2. The van der Waals surface area contributed by atoms with Gasteiger partial charge in [0.1, 0.15) is 11.6 Å². The molecule has 0 aromatic carbocycles. The minimum atomic E-state index is -0.0218. The zero-order valence-corrected chi connectivity index (χ0v) is 8.60. The Kier molecular flexibility index (Phi) is 10.7. The van der Waals surface area contributed by atoms with Crippen LogP contribution in [0.4, 0.5) is 0 Å². The van der Waals surface area contributed by atoms with Crippen LogP contribution < -0.4 is 0 Å². The number of carbonyl (C=O) groups is 2. The Morgan fingerprint density at radius 2 is 1.75 bits per heavy atom. The summed E-state index contributed by atoms with van der Waals surface area (Å²) in [6.07, 6.45) is 3.84. The van der Waals surface area contributed by atoms with Crippen molar-refractivity contribution in [2.24, 2.45) is 0 Å². The zero-order valence-electron chi connectivity index (χ0n) is 7.65. The van der Waals surface area contributed by atoms with Gasteiger partial charge < -0.3 is 0 Å². The zero-order chi connectivity index (χ0) is 8.69. The fraction of sp³-hybridized carbons (Fsp3) is 0.778. The van der Waals surface area contributed by atoms with Gasteiger partial charge in [-0.05, 0) is 13.3 Å². The van der Waals surface area contributed by atoms with E-state index in [9.17, 15) is 9.59 Å². The molecule has 0 saturated carbocycles. The molecular formula is C9H16CuO2+2. The summed E-state index contributed by atoms with van der Waals surface area (Å²) in [6, 6.07) is 0. The number of hydrogen-bond donors (Lipinski definition) is 0. The summed E-state index contributed by atoms with van der Waals surface area (Å²) in [5.41, 5.74) is 0. The summed E-state index contributed by atoms with van der Waals surface area (Å²) in [5.74, 6) is 0.0671. The van der Waals surface area contributed by atoms with Gasteiger partial charge in [-0.15, -0.1) is 0 Å². The van der Waals surface area contributed by atoms with Crippen LogP contribution in [0, 0.1) is 0 Å². The van der Waals surface area contributed by atoms with E-state index in [-0.39, 0.29) is 35.1 Å². The smallest absolute Gasteiger partial charge is 0.300 e. The van der Waals surface area contributed by atoms with E-state index < -0.39 is 0 Å². The van der Waals surface area contributed by atoms with Gasteiger partial charge in [0.15, 0.2) is 0 Å². The van der Waals surface area contributed by atoms with Crippen molar-refractivity contribution in [1.82, 2.24) is 0 Å². The van der Waals surface area contributed by atoms with Crippen LogP contribution in [0.5, 0.6) is 0 Å². The van der Waals surface area contributed by atoms with E-state index in [0.29, 0.717) is 6.42 Å². The van der Waals surface area contributed by atoms with E-state index in [0.717, 1.165) is 19.3 Å². The van der Waals surface area contributed by atoms with E-state index in [2.05, 4.69) is 6.92 Å². The maximum atomic E-state index is 10.9. The van der Waals surface area contributed by atoms with Crippen molar-refractivity contribution < 1.29 is 26.7 Å². The predicted molar refractivity (Wildman–Crippen MR) is 44.4 cm³/mol. The molecule has 0 aromatic rings. The second-order valence-electron chi connectivity index (χ2n) is 2.87. The van der Waals surface area contributed by atoms with Crippen molar-refractivity contribution in [2.75, 3.05) is 0 Å². The molecule has 2 nitrogen and oxygen atoms in total. The summed E-state index contributed by atoms with van der Waals surface area (Å²) in [6.45, 7) is 3.55. The van der Waals surface area contributed by atoms with Gasteiger partial charge in [0.25, 0.3) is 0 Å². The van der Waals surface area contributed by atoms with Crippen LogP contribution in [-0.4, -0.2) is 11.6 Å². The van der Waals surface area contributed by atoms with Crippen LogP contribution in [0.15, 0.2) is 0 Å². The van der Waals surface area contributed by atoms with Crippen molar-refractivity contribution in [3.05, 3.63) is 0 Å². The summed E-state index contributed by atoms with van der Waals surface area (Å²) < 4.78 is 0. The Morgan fingerprint density at radius 1 is 1.17 bits per heavy atom. The molecule has 0 aliphatic heterocycles. The number of carbonyl (C=O) groups excluding carboxylic acids is 2. The maximum absolute atomic E-state index is 10.9. The summed E-state index contributed by atoms with van der Waals surface area (Å²) >= 11 is 0. The Morgan fingerprint density at radius 3 is 2.17 bits per heavy atom. The first-order chi connectivity index (χ1) is 5.16. The van der Waals surface area contributed by atoms with Gasteiger partial charge in [-0.3, -0.25) is 9.59 Å². The van der Waals surface area contributed by atoms with Crippen molar-refractivity contribution >= 4 is 11.6 Å². The molecule has 0 amide bonds. The fourth-order valence-corrected chi connectivity index (χ4v) is 0.938. The average Bonchev–Trinajstić information content (AvgIpc) is 1.86. The molecule has 0 spiro atoms. The summed E-state index contributed by atoms with van der Waals surface area (Å²) in [4.78, 5) is 21.4.